The van der Waals surface area contributed by atoms with Crippen LogP contribution in [0.3, 0.4) is 0 Å². The van der Waals surface area contributed by atoms with E-state index in [1.54, 1.807) is 18.2 Å². The number of rotatable bonds is 11. The van der Waals surface area contributed by atoms with E-state index in [-0.39, 0.29) is 52.7 Å². The van der Waals surface area contributed by atoms with Gasteiger partial charge >= 0.3 is 0 Å². The molecule has 294 valence electrons. The van der Waals surface area contributed by atoms with Gasteiger partial charge in [-0.25, -0.2) is 35.4 Å². The van der Waals surface area contributed by atoms with Crippen LogP contribution in [0.15, 0.2) is 42.5 Å². The Labute approximate surface area is 317 Å². The van der Waals surface area contributed by atoms with E-state index in [1.165, 1.54) is 17.6 Å². The van der Waals surface area contributed by atoms with Crippen LogP contribution >= 0.6 is 0 Å². The summed E-state index contributed by atoms with van der Waals surface area (Å²) in [6, 6.07) is 7.86. The largest absolute Gasteiger partial charge is 0.482 e. The van der Waals surface area contributed by atoms with Crippen LogP contribution in [-0.2, 0) is 39.3 Å². The normalized spacial score (nSPS) is 17.6. The Morgan fingerprint density at radius 1 is 1.05 bits per heavy atom. The lowest BCUT2D eigenvalue weighted by Gasteiger charge is -2.23. The van der Waals surface area contributed by atoms with Crippen molar-refractivity contribution in [1.82, 2.24) is 34.7 Å². The molecule has 7 rings (SSSR count). The lowest BCUT2D eigenvalue weighted by molar-refractivity contribution is -0.123. The van der Waals surface area contributed by atoms with Crippen LogP contribution in [0.1, 0.15) is 85.3 Å². The summed E-state index contributed by atoms with van der Waals surface area (Å²) in [7, 11) is -2.22. The molecule has 4 aromatic heterocycles. The maximum absolute atomic E-state index is 15.4. The summed E-state index contributed by atoms with van der Waals surface area (Å²) in [5.74, 6) is -2.36. The maximum atomic E-state index is 15.4. The third-order valence-electron chi connectivity index (χ3n) is 9.45. The molecule has 0 bridgehead atoms. The number of pyridine rings is 2. The van der Waals surface area contributed by atoms with Gasteiger partial charge in [0.1, 0.15) is 41.0 Å². The summed E-state index contributed by atoms with van der Waals surface area (Å²) >= 11 is 0. The molecule has 0 spiro atoms. The number of aromatic nitrogens is 6. The van der Waals surface area contributed by atoms with Crippen molar-refractivity contribution in [3.8, 4) is 28.8 Å². The van der Waals surface area contributed by atoms with Gasteiger partial charge in [-0.05, 0) is 87.4 Å². The third-order valence-corrected chi connectivity index (χ3v) is 10.2. The topological polar surface area (TPSA) is 133 Å². The van der Waals surface area contributed by atoms with E-state index >= 15 is 8.78 Å². The Bertz CT molecular complexity index is 2550. The quantitative estimate of drug-likeness (QED) is 0.119. The monoisotopic (exact) mass is 799 g/mol. The summed E-state index contributed by atoms with van der Waals surface area (Å²) in [6.07, 6.45) is -2.39. The number of carbonyl (C=O) groups excluding carboxylic acids is 1. The third kappa shape index (κ3) is 7.56. The minimum atomic E-state index is -3.59. The Morgan fingerprint density at radius 3 is 2.39 bits per heavy atom. The summed E-state index contributed by atoms with van der Waals surface area (Å²) < 4.78 is 120. The molecule has 1 amide bonds. The van der Waals surface area contributed by atoms with E-state index in [4.69, 9.17) is 9.72 Å². The minimum Gasteiger partial charge on any atom is -0.482 e. The Kier molecular flexibility index (Phi) is 9.66. The van der Waals surface area contributed by atoms with Crippen molar-refractivity contribution in [2.24, 2.45) is 11.3 Å². The van der Waals surface area contributed by atoms with Gasteiger partial charge in [-0.1, -0.05) is 5.92 Å². The van der Waals surface area contributed by atoms with E-state index in [0.29, 0.717) is 21.9 Å². The highest BCUT2D eigenvalue weighted by Crippen LogP contribution is 2.68. The summed E-state index contributed by atoms with van der Waals surface area (Å²) in [5.41, 5.74) is -1.07. The van der Waals surface area contributed by atoms with Crippen LogP contribution in [0.25, 0.3) is 16.8 Å². The molecule has 1 N–H and O–H groups in total. The maximum Gasteiger partial charge on any atom is 0.293 e. The molecular weight excluding hydrogens is 765 g/mol. The molecule has 0 radical (unpaired) electrons. The van der Waals surface area contributed by atoms with Crippen molar-refractivity contribution in [3.05, 3.63) is 93.8 Å². The van der Waals surface area contributed by atoms with E-state index in [2.05, 4.69) is 32.5 Å². The molecule has 4 heterocycles. The summed E-state index contributed by atoms with van der Waals surface area (Å²) in [6.45, 7) is 4.75. The highest BCUT2D eigenvalue weighted by molar-refractivity contribution is 7.89. The zero-order valence-electron chi connectivity index (χ0n) is 30.7. The van der Waals surface area contributed by atoms with E-state index in [9.17, 15) is 30.8 Å². The number of hydrogen-bond acceptors (Lipinski definition) is 8. The molecule has 3 atom stereocenters. The number of nitrogens with zero attached hydrogens (tertiary/aromatic N) is 6. The van der Waals surface area contributed by atoms with Crippen molar-refractivity contribution in [3.63, 3.8) is 0 Å². The Balaban J connectivity index is 1.38. The first-order valence-electron chi connectivity index (χ1n) is 17.4. The summed E-state index contributed by atoms with van der Waals surface area (Å²) in [4.78, 5) is 18.7. The summed E-state index contributed by atoms with van der Waals surface area (Å²) in [5, 5.41) is 14.8. The highest BCUT2D eigenvalue weighted by atomic mass is 32.2. The minimum absolute atomic E-state index is 0.0349. The fourth-order valence-electron chi connectivity index (χ4n) is 7.15. The molecular formula is C38H35F6N7O4S. The first-order valence-corrected chi connectivity index (χ1v) is 19.4. The van der Waals surface area contributed by atoms with Crippen LogP contribution < -0.4 is 10.1 Å². The average molecular weight is 800 g/mol. The number of benzene rings is 1. The van der Waals surface area contributed by atoms with Gasteiger partial charge in [-0.3, -0.25) is 9.48 Å². The number of amides is 1. The first kappa shape index (κ1) is 38.8. The molecule has 0 unspecified atom stereocenters. The van der Waals surface area contributed by atoms with Crippen LogP contribution in [0.4, 0.5) is 26.3 Å². The van der Waals surface area contributed by atoms with E-state index in [0.717, 1.165) is 18.4 Å². The molecule has 18 heteroatoms. The zero-order chi connectivity index (χ0) is 40.5. The van der Waals surface area contributed by atoms with Crippen LogP contribution in [-0.4, -0.2) is 57.1 Å². The van der Waals surface area contributed by atoms with Crippen molar-refractivity contribution < 1.29 is 44.3 Å². The van der Waals surface area contributed by atoms with Gasteiger partial charge < -0.3 is 10.1 Å². The van der Waals surface area contributed by atoms with Crippen molar-refractivity contribution in [2.75, 3.05) is 13.4 Å². The predicted octanol–water partition coefficient (Wildman–Crippen LogP) is 6.46. The number of hydrogen-bond donors (Lipinski definition) is 1. The number of methoxy groups -OCH3 is 1. The fourth-order valence-corrected chi connectivity index (χ4v) is 7.80. The Morgan fingerprint density at radius 2 is 1.75 bits per heavy atom. The molecule has 0 saturated heterocycles. The Hall–Kier alpha value is -5.44. The van der Waals surface area contributed by atoms with Crippen LogP contribution in [0, 0.1) is 34.8 Å². The first-order chi connectivity index (χ1) is 26.2. The number of carbonyl (C=O) groups is 1. The zero-order valence-corrected chi connectivity index (χ0v) is 31.5. The molecule has 1 fully saturated rings. The highest BCUT2D eigenvalue weighted by Gasteiger charge is 2.67. The second kappa shape index (κ2) is 13.9. The standard InChI is InChI=1S/C38H35F6N7O4S/c1-37(2,3)11-10-22-6-7-23(24-8-9-30(55-4)51-28(18-56(5,53)54)47-48-36(24)51)32(45-22)27(14-19-12-20(39)15-21(40)13-19)46-29(52)17-50-34-31(33(49-50)35(41)42)25-16-26(25)38(34,43)44/h6-9,12-13,15,25-27,35H,14,16-18H2,1-5H3,(H,46,52)/t25-,26+,27-/m0/s1. The number of fused-ring (bicyclic) bond motifs is 4. The number of ether oxygens (including phenoxy) is 1. The van der Waals surface area contributed by atoms with Crippen molar-refractivity contribution in [2.45, 2.75) is 70.2 Å². The molecule has 1 saturated carbocycles. The van der Waals surface area contributed by atoms with Crippen molar-refractivity contribution in [1.29, 1.82) is 0 Å². The average Bonchev–Trinajstić information content (AvgIpc) is 3.57. The number of sulfone groups is 1. The van der Waals surface area contributed by atoms with Gasteiger partial charge in [-0.2, -0.15) is 13.9 Å². The number of nitrogens with one attached hydrogen (secondary N) is 1. The molecule has 5 aromatic rings. The second-order valence-corrected chi connectivity index (χ2v) is 17.2. The van der Waals surface area contributed by atoms with E-state index in [1.807, 2.05) is 20.8 Å². The van der Waals surface area contributed by atoms with Gasteiger partial charge in [0.05, 0.1) is 18.8 Å². The fraction of sp³-hybridized carbons (Fsp3) is 0.395. The van der Waals surface area contributed by atoms with Gasteiger partial charge in [0.25, 0.3) is 12.3 Å². The van der Waals surface area contributed by atoms with Gasteiger partial charge in [-0.15, -0.1) is 10.2 Å². The van der Waals surface area contributed by atoms with Crippen molar-refractivity contribution >= 4 is 21.4 Å². The molecule has 56 heavy (non-hydrogen) atoms. The molecule has 1 aromatic carbocycles. The second-order valence-electron chi connectivity index (χ2n) is 15.0. The number of halogens is 6. The van der Waals surface area contributed by atoms with Gasteiger partial charge in [0, 0.05) is 40.3 Å². The molecule has 0 aliphatic heterocycles. The van der Waals surface area contributed by atoms with Gasteiger partial charge in [0.2, 0.25) is 11.8 Å². The molecule has 2 aliphatic carbocycles. The smallest absolute Gasteiger partial charge is 0.293 e. The van der Waals surface area contributed by atoms with Crippen LogP contribution in [0.5, 0.6) is 5.88 Å². The van der Waals surface area contributed by atoms with E-state index < -0.39 is 86.7 Å². The molecule has 2 aliphatic rings. The predicted molar refractivity (Wildman–Crippen MR) is 191 cm³/mol. The lowest BCUT2D eigenvalue weighted by atomic mass is 9.94. The lowest BCUT2D eigenvalue weighted by Crippen LogP contribution is -2.35. The number of alkyl halides is 4. The SMILES string of the molecule is COc1ccc(-c2ccc(C#CC(C)(C)C)nc2[C@H](Cc2cc(F)cc(F)c2)NC(=O)Cn2nc(C(F)F)c3c2C(F)(F)[C@@H]2C[C@H]32)c2nnc(CS(C)(=O)=O)n12. The van der Waals surface area contributed by atoms with Crippen LogP contribution in [0.2, 0.25) is 0 Å². The van der Waals surface area contributed by atoms with Gasteiger partial charge in [0.15, 0.2) is 21.3 Å². The molecule has 11 nitrogen and oxygen atoms in total.